The molecule has 21 heavy (non-hydrogen) atoms. The number of rotatable bonds is 5. The summed E-state index contributed by atoms with van der Waals surface area (Å²) < 4.78 is 4.71. The Morgan fingerprint density at radius 1 is 1.48 bits per heavy atom. The number of halogens is 1. The number of methoxy groups -OCH3 is 1. The first-order chi connectivity index (χ1) is 10.1. The summed E-state index contributed by atoms with van der Waals surface area (Å²) in [4.78, 5) is 25.4. The van der Waals surface area contributed by atoms with E-state index in [0.717, 1.165) is 5.56 Å². The average molecular weight is 312 g/mol. The summed E-state index contributed by atoms with van der Waals surface area (Å²) in [6.07, 6.45) is 0.573. The van der Waals surface area contributed by atoms with Crippen LogP contribution in [-0.2, 0) is 14.3 Å². The van der Waals surface area contributed by atoms with E-state index < -0.39 is 5.92 Å². The molecule has 1 amide bonds. The van der Waals surface area contributed by atoms with Gasteiger partial charge in [-0.05, 0) is 24.1 Å². The molecule has 1 fully saturated rings. The smallest absolute Gasteiger partial charge is 0.310 e. The van der Waals surface area contributed by atoms with Gasteiger partial charge >= 0.3 is 5.97 Å². The molecule has 1 N–H and O–H groups in total. The number of aliphatic hydroxyl groups is 1. The molecule has 0 spiro atoms. The van der Waals surface area contributed by atoms with E-state index in [1.807, 2.05) is 12.1 Å². The predicted molar refractivity (Wildman–Crippen MR) is 77.7 cm³/mol. The Balaban J connectivity index is 2.20. The van der Waals surface area contributed by atoms with Gasteiger partial charge in [0.1, 0.15) is 0 Å². The van der Waals surface area contributed by atoms with Gasteiger partial charge in [0.15, 0.2) is 0 Å². The Hall–Kier alpha value is -1.59. The normalized spacial score (nSPS) is 19.7. The molecule has 1 aliphatic rings. The topological polar surface area (TPSA) is 66.8 Å². The third-order valence-electron chi connectivity index (χ3n) is 3.73. The quantitative estimate of drug-likeness (QED) is 0.842. The molecule has 2 atom stereocenters. The summed E-state index contributed by atoms with van der Waals surface area (Å²) in [7, 11) is 1.32. The number of amides is 1. The van der Waals surface area contributed by atoms with E-state index in [1.165, 1.54) is 7.11 Å². The second-order valence-corrected chi connectivity index (χ2v) is 5.49. The Bertz CT molecular complexity index is 517. The van der Waals surface area contributed by atoms with E-state index in [0.29, 0.717) is 18.0 Å². The fourth-order valence-corrected chi connectivity index (χ4v) is 2.79. The van der Waals surface area contributed by atoms with E-state index >= 15 is 0 Å². The summed E-state index contributed by atoms with van der Waals surface area (Å²) >= 11 is 5.87. The van der Waals surface area contributed by atoms with Gasteiger partial charge in [-0.3, -0.25) is 9.59 Å². The van der Waals surface area contributed by atoms with E-state index in [1.54, 1.807) is 17.0 Å². The zero-order valence-corrected chi connectivity index (χ0v) is 12.5. The minimum Gasteiger partial charge on any atom is -0.469 e. The lowest BCUT2D eigenvalue weighted by molar-refractivity contribution is -0.145. The van der Waals surface area contributed by atoms with Crippen molar-refractivity contribution in [1.82, 2.24) is 4.90 Å². The van der Waals surface area contributed by atoms with Gasteiger partial charge in [-0.15, -0.1) is 0 Å². The van der Waals surface area contributed by atoms with Gasteiger partial charge in [0.25, 0.3) is 0 Å². The van der Waals surface area contributed by atoms with Gasteiger partial charge in [0, 0.05) is 24.6 Å². The monoisotopic (exact) mass is 311 g/mol. The lowest BCUT2D eigenvalue weighted by Crippen LogP contribution is -2.31. The van der Waals surface area contributed by atoms with Crippen LogP contribution in [0.2, 0.25) is 5.02 Å². The molecule has 0 saturated carbocycles. The first kappa shape index (κ1) is 15.8. The van der Waals surface area contributed by atoms with Crippen LogP contribution in [0.25, 0.3) is 0 Å². The van der Waals surface area contributed by atoms with Gasteiger partial charge in [0.2, 0.25) is 5.91 Å². The summed E-state index contributed by atoms with van der Waals surface area (Å²) in [5, 5.41) is 9.88. The Morgan fingerprint density at radius 3 is 2.71 bits per heavy atom. The highest BCUT2D eigenvalue weighted by Gasteiger charge is 2.38. The molecule has 2 unspecified atom stereocenters. The fourth-order valence-electron chi connectivity index (χ4n) is 2.67. The third kappa shape index (κ3) is 3.54. The van der Waals surface area contributed by atoms with Crippen LogP contribution in [0.4, 0.5) is 0 Å². The maximum absolute atomic E-state index is 12.2. The van der Waals surface area contributed by atoms with Crippen LogP contribution in [-0.4, -0.2) is 42.1 Å². The molecule has 1 aliphatic heterocycles. The zero-order chi connectivity index (χ0) is 15.4. The predicted octanol–water partition coefficient (Wildman–Crippen LogP) is 1.78. The molecular formula is C15H18ClNO4. The van der Waals surface area contributed by atoms with Crippen LogP contribution in [0.3, 0.4) is 0 Å². The minimum absolute atomic E-state index is 0.0417. The lowest BCUT2D eigenvalue weighted by atomic mass is 10.0. The molecule has 0 aliphatic carbocycles. The molecule has 0 aromatic heterocycles. The SMILES string of the molecule is COC(=O)C1CC(=O)N(C(CCO)c2ccc(Cl)cc2)C1. The molecule has 1 aromatic carbocycles. The molecule has 0 radical (unpaired) electrons. The first-order valence-electron chi connectivity index (χ1n) is 6.80. The van der Waals surface area contributed by atoms with Crippen molar-refractivity contribution in [3.05, 3.63) is 34.9 Å². The summed E-state index contributed by atoms with van der Waals surface area (Å²) in [6.45, 7) is 0.277. The molecular weight excluding hydrogens is 294 g/mol. The van der Waals surface area contributed by atoms with Crippen molar-refractivity contribution in [3.8, 4) is 0 Å². The molecule has 0 bridgehead atoms. The second-order valence-electron chi connectivity index (χ2n) is 5.05. The Labute approximate surface area is 128 Å². The van der Waals surface area contributed by atoms with Crippen LogP contribution in [0.15, 0.2) is 24.3 Å². The van der Waals surface area contributed by atoms with Crippen LogP contribution < -0.4 is 0 Å². The van der Waals surface area contributed by atoms with Crippen molar-refractivity contribution >= 4 is 23.5 Å². The number of benzene rings is 1. The molecule has 2 rings (SSSR count). The van der Waals surface area contributed by atoms with Crippen LogP contribution in [0, 0.1) is 5.92 Å². The molecule has 114 valence electrons. The summed E-state index contributed by atoms with van der Waals surface area (Å²) in [6, 6.07) is 6.91. The third-order valence-corrected chi connectivity index (χ3v) is 3.98. The molecule has 5 nitrogen and oxygen atoms in total. The molecule has 6 heteroatoms. The number of nitrogens with zero attached hydrogens (tertiary/aromatic N) is 1. The van der Waals surface area contributed by atoms with E-state index in [9.17, 15) is 14.7 Å². The number of ether oxygens (including phenoxy) is 1. The van der Waals surface area contributed by atoms with Gasteiger partial charge < -0.3 is 14.7 Å². The first-order valence-corrected chi connectivity index (χ1v) is 7.18. The second kappa shape index (κ2) is 6.91. The van der Waals surface area contributed by atoms with Crippen molar-refractivity contribution in [2.75, 3.05) is 20.3 Å². The number of esters is 1. The van der Waals surface area contributed by atoms with E-state index in [4.69, 9.17) is 16.3 Å². The van der Waals surface area contributed by atoms with Gasteiger partial charge in [-0.1, -0.05) is 23.7 Å². The fraction of sp³-hybridized carbons (Fsp3) is 0.467. The maximum Gasteiger partial charge on any atom is 0.310 e. The van der Waals surface area contributed by atoms with Crippen molar-refractivity contribution in [1.29, 1.82) is 0 Å². The van der Waals surface area contributed by atoms with Crippen LogP contribution in [0.1, 0.15) is 24.4 Å². The lowest BCUT2D eigenvalue weighted by Gasteiger charge is -2.28. The number of aliphatic hydroxyl groups excluding tert-OH is 1. The molecule has 1 saturated heterocycles. The van der Waals surface area contributed by atoms with Crippen molar-refractivity contribution < 1.29 is 19.4 Å². The van der Waals surface area contributed by atoms with Crippen LogP contribution >= 0.6 is 11.6 Å². The average Bonchev–Trinajstić information content (AvgIpc) is 2.87. The maximum atomic E-state index is 12.2. The number of carbonyl (C=O) groups is 2. The van der Waals surface area contributed by atoms with E-state index in [2.05, 4.69) is 0 Å². The highest BCUT2D eigenvalue weighted by Crippen LogP contribution is 2.32. The van der Waals surface area contributed by atoms with Gasteiger partial charge in [-0.25, -0.2) is 0 Å². The number of hydrogen-bond acceptors (Lipinski definition) is 4. The van der Waals surface area contributed by atoms with Crippen molar-refractivity contribution in [3.63, 3.8) is 0 Å². The highest BCUT2D eigenvalue weighted by molar-refractivity contribution is 6.30. The summed E-state index contributed by atoms with van der Waals surface area (Å²) in [5.41, 5.74) is 0.896. The van der Waals surface area contributed by atoms with Crippen molar-refractivity contribution in [2.45, 2.75) is 18.9 Å². The summed E-state index contributed by atoms with van der Waals surface area (Å²) in [5.74, 6) is -0.903. The minimum atomic E-state index is -0.434. The molecule has 1 aromatic rings. The Morgan fingerprint density at radius 2 is 2.14 bits per heavy atom. The largest absolute Gasteiger partial charge is 0.469 e. The van der Waals surface area contributed by atoms with E-state index in [-0.39, 0.29) is 30.9 Å². The van der Waals surface area contributed by atoms with Crippen molar-refractivity contribution in [2.24, 2.45) is 5.92 Å². The standard InChI is InChI=1S/C15H18ClNO4/c1-21-15(20)11-8-14(19)17(9-11)13(6-7-18)10-2-4-12(16)5-3-10/h2-5,11,13,18H,6-9H2,1H3. The molecule has 1 heterocycles. The van der Waals surface area contributed by atoms with Crippen LogP contribution in [0.5, 0.6) is 0 Å². The number of likely N-dealkylation sites (tertiary alicyclic amines) is 1. The van der Waals surface area contributed by atoms with Gasteiger partial charge in [0.05, 0.1) is 19.1 Å². The zero-order valence-electron chi connectivity index (χ0n) is 11.8. The number of hydrogen-bond donors (Lipinski definition) is 1. The Kier molecular flexibility index (Phi) is 5.20. The van der Waals surface area contributed by atoms with Gasteiger partial charge in [-0.2, -0.15) is 0 Å². The highest BCUT2D eigenvalue weighted by atomic mass is 35.5. The number of carbonyl (C=O) groups excluding carboxylic acids is 2.